The third kappa shape index (κ3) is 24.6. The lowest BCUT2D eigenvalue weighted by molar-refractivity contribution is -0.384. The quantitative estimate of drug-likeness (QED) is 0.0199. The van der Waals surface area contributed by atoms with Crippen molar-refractivity contribution in [3.8, 4) is 5.75 Å². The van der Waals surface area contributed by atoms with Crippen molar-refractivity contribution >= 4 is 35.6 Å². The van der Waals surface area contributed by atoms with Crippen LogP contribution in [0.1, 0.15) is 25.7 Å². The maximum atomic E-state index is 11.6. The van der Waals surface area contributed by atoms with E-state index >= 15 is 0 Å². The Labute approximate surface area is 273 Å². The van der Waals surface area contributed by atoms with E-state index in [1.54, 1.807) is 0 Å². The summed E-state index contributed by atoms with van der Waals surface area (Å²) in [5, 5.41) is 15.7. The normalized spacial score (nSPS) is 10.8. The minimum Gasteiger partial charge on any atom is -0.447 e. The monoisotopic (exact) mass is 677 g/mol. The van der Waals surface area contributed by atoms with Crippen LogP contribution in [0.25, 0.3) is 0 Å². The van der Waals surface area contributed by atoms with Crippen molar-refractivity contribution in [3.05, 3.63) is 46.5 Å². The van der Waals surface area contributed by atoms with E-state index in [-0.39, 0.29) is 64.2 Å². The Morgan fingerprint density at radius 1 is 0.674 bits per heavy atom. The number of nitrogens with zero attached hydrogens (tertiary/aromatic N) is 1. The minimum atomic E-state index is -0.992. The molecule has 0 unspecified atom stereocenters. The molecule has 1 aromatic carbocycles. The zero-order chi connectivity index (χ0) is 33.5. The summed E-state index contributed by atoms with van der Waals surface area (Å²) in [6.07, 6.45) is 5.01. The average molecular weight is 678 g/mol. The molecule has 2 amide bonds. The third-order valence-corrected chi connectivity index (χ3v) is 5.70. The smallest absolute Gasteiger partial charge is 0.447 e. The highest BCUT2D eigenvalue weighted by molar-refractivity contribution is 6.17. The Balaban J connectivity index is 1.83. The van der Waals surface area contributed by atoms with Gasteiger partial charge in [0.15, 0.2) is 0 Å². The van der Waals surface area contributed by atoms with E-state index in [1.807, 2.05) is 0 Å². The van der Waals surface area contributed by atoms with Crippen molar-refractivity contribution in [3.63, 3.8) is 0 Å². The lowest BCUT2D eigenvalue weighted by atomic mass is 10.2. The number of nitrogens with one attached hydrogen (secondary N) is 2. The van der Waals surface area contributed by atoms with Gasteiger partial charge < -0.3 is 48.5 Å². The van der Waals surface area contributed by atoms with E-state index in [0.717, 1.165) is 25.7 Å². The fraction of sp³-hybridized carbons (Fsp3) is 0.621. The summed E-state index contributed by atoms with van der Waals surface area (Å²) in [6, 6.07) is 4.93. The lowest BCUT2D eigenvalue weighted by Gasteiger charge is -2.09. The SMILES string of the molecule is O=C(NCCOCCOCCOC(=O)NCCOCCOCCCCCCCl)OC/C=C/COC(=O)Oc1ccc([N+](=O)[O-])cc1. The molecule has 0 radical (unpaired) electrons. The number of alkyl halides is 1. The van der Waals surface area contributed by atoms with E-state index in [9.17, 15) is 24.5 Å². The number of nitro groups is 1. The summed E-state index contributed by atoms with van der Waals surface area (Å²) >= 11 is 5.63. The second-order valence-corrected chi connectivity index (χ2v) is 9.40. The summed E-state index contributed by atoms with van der Waals surface area (Å²) < 4.78 is 41.1. The van der Waals surface area contributed by atoms with E-state index in [2.05, 4.69) is 10.6 Å². The Kier molecular flexibility index (Phi) is 25.2. The number of hydrogen-bond donors (Lipinski definition) is 2. The summed E-state index contributed by atoms with van der Waals surface area (Å²) in [4.78, 5) is 44.9. The second kappa shape index (κ2) is 28.8. The maximum Gasteiger partial charge on any atom is 0.514 e. The van der Waals surface area contributed by atoms with E-state index < -0.39 is 23.3 Å². The number of hydrogen-bond acceptors (Lipinski definition) is 13. The molecule has 0 bridgehead atoms. The standard InChI is InChI=1S/C29H44ClN3O13/c30-11-3-1-2-4-14-39-19-20-40-18-13-32-28(35)44-24-23-42-22-21-41-17-12-31-27(34)43-15-5-6-16-45-29(36)46-26-9-7-25(8-10-26)33(37)38/h5-10H,1-4,11-24H2,(H,31,34)(H,32,35)/b6-5+. The van der Waals surface area contributed by atoms with Gasteiger partial charge in [-0.2, -0.15) is 0 Å². The van der Waals surface area contributed by atoms with Gasteiger partial charge in [0.1, 0.15) is 25.6 Å². The number of carbonyl (C=O) groups is 3. The van der Waals surface area contributed by atoms with Gasteiger partial charge in [-0.05, 0) is 37.1 Å². The second-order valence-electron chi connectivity index (χ2n) is 9.03. The van der Waals surface area contributed by atoms with Crippen LogP contribution in [0.2, 0.25) is 0 Å². The molecule has 0 saturated carbocycles. The van der Waals surface area contributed by atoms with Crippen LogP contribution in [0, 0.1) is 10.1 Å². The van der Waals surface area contributed by atoms with E-state index in [0.29, 0.717) is 38.9 Å². The topological polar surface area (TPSA) is 192 Å². The molecule has 0 spiro atoms. The van der Waals surface area contributed by atoms with Gasteiger partial charge in [-0.3, -0.25) is 10.1 Å². The molecule has 2 N–H and O–H groups in total. The largest absolute Gasteiger partial charge is 0.514 e. The summed E-state index contributed by atoms with van der Waals surface area (Å²) in [7, 11) is 0. The van der Waals surface area contributed by atoms with E-state index in [4.69, 9.17) is 49.5 Å². The number of non-ortho nitro benzene ring substituents is 1. The molecule has 0 aromatic heterocycles. The molecule has 16 nitrogen and oxygen atoms in total. The molecule has 17 heteroatoms. The zero-order valence-corrected chi connectivity index (χ0v) is 26.6. The molecule has 0 saturated heterocycles. The van der Waals surface area contributed by atoms with Crippen molar-refractivity contribution in [1.29, 1.82) is 0 Å². The molecular formula is C29H44ClN3O13. The van der Waals surface area contributed by atoms with Crippen LogP contribution in [-0.4, -0.2) is 115 Å². The van der Waals surface area contributed by atoms with Crippen molar-refractivity contribution in [2.75, 3.05) is 91.6 Å². The van der Waals surface area contributed by atoms with Crippen LogP contribution in [0.15, 0.2) is 36.4 Å². The van der Waals surface area contributed by atoms with Gasteiger partial charge in [-0.25, -0.2) is 14.4 Å². The average Bonchev–Trinajstić information content (AvgIpc) is 3.04. The fourth-order valence-electron chi connectivity index (χ4n) is 3.18. The highest BCUT2D eigenvalue weighted by Crippen LogP contribution is 2.17. The molecule has 1 aromatic rings. The van der Waals surface area contributed by atoms with Crippen LogP contribution in [0.3, 0.4) is 0 Å². The Bertz CT molecular complexity index is 999. The molecule has 0 aliphatic rings. The van der Waals surface area contributed by atoms with Gasteiger partial charge in [-0.15, -0.1) is 11.6 Å². The number of halogens is 1. The number of ether oxygens (including phenoxy) is 8. The predicted molar refractivity (Wildman–Crippen MR) is 165 cm³/mol. The van der Waals surface area contributed by atoms with Crippen LogP contribution >= 0.6 is 11.6 Å². The molecule has 0 heterocycles. The van der Waals surface area contributed by atoms with Crippen LogP contribution in [0.5, 0.6) is 5.75 Å². The van der Waals surface area contributed by atoms with Gasteiger partial charge in [-0.1, -0.05) is 12.8 Å². The fourth-order valence-corrected chi connectivity index (χ4v) is 3.37. The van der Waals surface area contributed by atoms with Crippen LogP contribution in [0.4, 0.5) is 20.1 Å². The first-order valence-corrected chi connectivity index (χ1v) is 15.4. The van der Waals surface area contributed by atoms with Crippen molar-refractivity contribution < 1.29 is 57.2 Å². The third-order valence-electron chi connectivity index (χ3n) is 5.43. The molecule has 0 aliphatic heterocycles. The molecule has 0 aliphatic carbocycles. The van der Waals surface area contributed by atoms with Crippen molar-refractivity contribution in [2.45, 2.75) is 25.7 Å². The molecule has 0 atom stereocenters. The Morgan fingerprint density at radius 2 is 1.20 bits per heavy atom. The first-order valence-electron chi connectivity index (χ1n) is 14.8. The number of nitro benzene ring substituents is 1. The van der Waals surface area contributed by atoms with Crippen LogP contribution in [-0.2, 0) is 33.2 Å². The van der Waals surface area contributed by atoms with Crippen molar-refractivity contribution in [1.82, 2.24) is 10.6 Å². The molecule has 46 heavy (non-hydrogen) atoms. The van der Waals surface area contributed by atoms with Gasteiger partial charge in [0, 0.05) is 37.7 Å². The number of rotatable bonds is 27. The summed E-state index contributed by atoms with van der Waals surface area (Å²) in [5.74, 6) is 0.799. The minimum absolute atomic E-state index is 0.0543. The zero-order valence-electron chi connectivity index (χ0n) is 25.8. The number of alkyl carbamates (subject to hydrolysis) is 2. The summed E-state index contributed by atoms with van der Waals surface area (Å²) in [6.45, 7) is 3.51. The van der Waals surface area contributed by atoms with Gasteiger partial charge in [0.05, 0.1) is 51.2 Å². The first kappa shape index (κ1) is 40.3. The number of benzene rings is 1. The Hall–Kier alpha value is -3.70. The van der Waals surface area contributed by atoms with Crippen LogP contribution < -0.4 is 15.4 Å². The van der Waals surface area contributed by atoms with E-state index in [1.165, 1.54) is 36.4 Å². The number of unbranched alkanes of at least 4 members (excludes halogenated alkanes) is 3. The molecule has 1 rings (SSSR count). The lowest BCUT2D eigenvalue weighted by Crippen LogP contribution is -2.29. The molecule has 0 fully saturated rings. The number of carbonyl (C=O) groups excluding carboxylic acids is 3. The summed E-state index contributed by atoms with van der Waals surface area (Å²) in [5.41, 5.74) is -0.135. The number of amides is 2. The Morgan fingerprint density at radius 3 is 1.80 bits per heavy atom. The first-order chi connectivity index (χ1) is 22.4. The molecular weight excluding hydrogens is 634 g/mol. The highest BCUT2D eigenvalue weighted by atomic mass is 35.5. The van der Waals surface area contributed by atoms with Gasteiger partial charge in [0.25, 0.3) is 5.69 Å². The maximum absolute atomic E-state index is 11.6. The molecule has 260 valence electrons. The van der Waals surface area contributed by atoms with Gasteiger partial charge in [0.2, 0.25) is 0 Å². The van der Waals surface area contributed by atoms with Gasteiger partial charge >= 0.3 is 18.3 Å². The predicted octanol–water partition coefficient (Wildman–Crippen LogP) is 3.98. The van der Waals surface area contributed by atoms with Crippen molar-refractivity contribution in [2.24, 2.45) is 0 Å². The highest BCUT2D eigenvalue weighted by Gasteiger charge is 2.08.